The second-order valence-corrected chi connectivity index (χ2v) is 11.5. The molecule has 0 aromatic heterocycles. The largest absolute Gasteiger partial charge is 0.338 e. The van der Waals surface area contributed by atoms with E-state index in [9.17, 15) is 21.6 Å². The highest BCUT2D eigenvalue weighted by Gasteiger charge is 2.34. The molecular formula is C20H22N2O5S2. The van der Waals surface area contributed by atoms with E-state index in [0.717, 1.165) is 5.56 Å². The summed E-state index contributed by atoms with van der Waals surface area (Å²) in [4.78, 5) is 14.3. The number of fused-ring (bicyclic) bond motifs is 1. The molecule has 29 heavy (non-hydrogen) atoms. The van der Waals surface area contributed by atoms with Gasteiger partial charge in [0, 0.05) is 25.2 Å². The first-order valence-electron chi connectivity index (χ1n) is 9.37. The third-order valence-electron chi connectivity index (χ3n) is 5.59. The number of sulfonamides is 1. The summed E-state index contributed by atoms with van der Waals surface area (Å²) >= 11 is 0. The average Bonchev–Trinajstić information content (AvgIpc) is 3.30. The Labute approximate surface area is 170 Å². The molecule has 1 amide bonds. The maximum Gasteiger partial charge on any atom is 0.264 e. The van der Waals surface area contributed by atoms with Crippen LogP contribution in [-0.2, 0) is 26.3 Å². The molecule has 0 radical (unpaired) electrons. The van der Waals surface area contributed by atoms with E-state index in [-0.39, 0.29) is 27.9 Å². The van der Waals surface area contributed by atoms with E-state index in [4.69, 9.17) is 0 Å². The molecule has 2 aromatic carbocycles. The van der Waals surface area contributed by atoms with Crippen molar-refractivity contribution in [3.63, 3.8) is 0 Å². The van der Waals surface area contributed by atoms with Crippen LogP contribution in [0.3, 0.4) is 0 Å². The highest BCUT2D eigenvalue weighted by molar-refractivity contribution is 7.93. The van der Waals surface area contributed by atoms with Crippen molar-refractivity contribution in [2.24, 2.45) is 0 Å². The lowest BCUT2D eigenvalue weighted by Gasteiger charge is -2.24. The molecule has 0 spiro atoms. The fraction of sp³-hybridized carbons (Fsp3) is 0.350. The predicted octanol–water partition coefficient (Wildman–Crippen LogP) is 1.70. The van der Waals surface area contributed by atoms with Crippen molar-refractivity contribution in [2.45, 2.75) is 23.8 Å². The average molecular weight is 435 g/mol. The minimum atomic E-state index is -3.80. The van der Waals surface area contributed by atoms with Gasteiger partial charge >= 0.3 is 0 Å². The first-order valence-corrected chi connectivity index (χ1v) is 12.6. The third kappa shape index (κ3) is 3.64. The minimum Gasteiger partial charge on any atom is -0.338 e. The van der Waals surface area contributed by atoms with E-state index in [1.54, 1.807) is 31.3 Å². The van der Waals surface area contributed by atoms with Crippen LogP contribution in [0.2, 0.25) is 0 Å². The van der Waals surface area contributed by atoms with Crippen LogP contribution in [0.5, 0.6) is 0 Å². The number of benzene rings is 2. The maximum atomic E-state index is 13.2. The highest BCUT2D eigenvalue weighted by atomic mass is 32.2. The fourth-order valence-corrected chi connectivity index (χ4v) is 7.25. The molecule has 2 aliphatic rings. The first-order chi connectivity index (χ1) is 13.7. The Morgan fingerprint density at radius 1 is 1.14 bits per heavy atom. The number of sulfone groups is 1. The van der Waals surface area contributed by atoms with Gasteiger partial charge in [-0.3, -0.25) is 9.10 Å². The Kier molecular flexibility index (Phi) is 4.90. The lowest BCUT2D eigenvalue weighted by molar-refractivity contribution is 0.0747. The van der Waals surface area contributed by atoms with Crippen LogP contribution >= 0.6 is 0 Å². The summed E-state index contributed by atoms with van der Waals surface area (Å²) in [5.41, 5.74) is 1.87. The molecule has 0 unspecified atom stereocenters. The smallest absolute Gasteiger partial charge is 0.264 e. The number of carbonyl (C=O) groups excluding carboxylic acids is 1. The van der Waals surface area contributed by atoms with Crippen molar-refractivity contribution in [2.75, 3.05) is 29.4 Å². The van der Waals surface area contributed by atoms with Gasteiger partial charge in [0.15, 0.2) is 9.84 Å². The number of hydrogen-bond acceptors (Lipinski definition) is 5. The zero-order chi connectivity index (χ0) is 20.8. The number of hydrogen-bond donors (Lipinski definition) is 0. The second kappa shape index (κ2) is 7.14. The Morgan fingerprint density at radius 3 is 2.62 bits per heavy atom. The van der Waals surface area contributed by atoms with Crippen molar-refractivity contribution in [1.82, 2.24) is 4.90 Å². The number of anilines is 1. The van der Waals surface area contributed by atoms with E-state index in [2.05, 4.69) is 0 Å². The second-order valence-electron chi connectivity index (χ2n) is 7.46. The van der Waals surface area contributed by atoms with E-state index < -0.39 is 25.9 Å². The zero-order valence-corrected chi connectivity index (χ0v) is 17.6. The molecule has 0 saturated carbocycles. The van der Waals surface area contributed by atoms with Gasteiger partial charge in [-0.15, -0.1) is 0 Å². The lowest BCUT2D eigenvalue weighted by Crippen LogP contribution is -2.38. The molecule has 2 heterocycles. The molecule has 0 bridgehead atoms. The van der Waals surface area contributed by atoms with Gasteiger partial charge in [0.05, 0.1) is 22.1 Å². The molecular weight excluding hydrogens is 412 g/mol. The monoisotopic (exact) mass is 434 g/mol. The summed E-state index contributed by atoms with van der Waals surface area (Å²) in [5, 5.41) is 0. The van der Waals surface area contributed by atoms with Crippen molar-refractivity contribution in [3.8, 4) is 0 Å². The van der Waals surface area contributed by atoms with E-state index in [1.807, 2.05) is 12.1 Å². The molecule has 9 heteroatoms. The van der Waals surface area contributed by atoms with Crippen molar-refractivity contribution in [3.05, 3.63) is 59.7 Å². The standard InChI is InChI=1S/C20H22N2O5S2/c1-21(17-10-12-28(24,25)14-17)20(23)16-6-4-7-18(13-16)29(26,27)22-11-9-15-5-2-3-8-19(15)22/h2-8,13,17H,9-12,14H2,1H3/t17-/m0/s1. The van der Waals surface area contributed by atoms with Gasteiger partial charge in [-0.2, -0.15) is 0 Å². The number of para-hydroxylation sites is 1. The van der Waals surface area contributed by atoms with Crippen molar-refractivity contribution >= 4 is 31.5 Å². The van der Waals surface area contributed by atoms with Crippen LogP contribution in [0.4, 0.5) is 5.69 Å². The number of carbonyl (C=O) groups is 1. The molecule has 0 aliphatic carbocycles. The Morgan fingerprint density at radius 2 is 1.90 bits per heavy atom. The van der Waals surface area contributed by atoms with Crippen LogP contribution in [0.25, 0.3) is 0 Å². The molecule has 154 valence electrons. The van der Waals surface area contributed by atoms with E-state index in [1.165, 1.54) is 21.3 Å². The third-order valence-corrected chi connectivity index (χ3v) is 9.15. The SMILES string of the molecule is CN(C(=O)c1cccc(S(=O)(=O)N2CCc3ccccc32)c1)[C@H]1CCS(=O)(=O)C1. The Bertz CT molecular complexity index is 1170. The van der Waals surface area contributed by atoms with Crippen LogP contribution in [-0.4, -0.2) is 58.8 Å². The van der Waals surface area contributed by atoms with Crippen LogP contribution in [0, 0.1) is 0 Å². The van der Waals surface area contributed by atoms with Crippen molar-refractivity contribution in [1.29, 1.82) is 0 Å². The molecule has 0 N–H and O–H groups in total. The summed E-state index contributed by atoms with van der Waals surface area (Å²) in [6, 6.07) is 12.9. The summed E-state index contributed by atoms with van der Waals surface area (Å²) in [7, 11) is -5.37. The summed E-state index contributed by atoms with van der Waals surface area (Å²) in [5.74, 6) is -0.374. The van der Waals surface area contributed by atoms with Gasteiger partial charge in [-0.05, 0) is 42.7 Å². The molecule has 1 fully saturated rings. The molecule has 1 atom stereocenters. The van der Waals surface area contributed by atoms with Gasteiger partial charge in [-0.25, -0.2) is 16.8 Å². The van der Waals surface area contributed by atoms with Gasteiger partial charge in [-0.1, -0.05) is 24.3 Å². The van der Waals surface area contributed by atoms with Gasteiger partial charge < -0.3 is 4.90 Å². The molecule has 2 aliphatic heterocycles. The Balaban J connectivity index is 1.61. The molecule has 7 nitrogen and oxygen atoms in total. The maximum absolute atomic E-state index is 13.2. The van der Waals surface area contributed by atoms with Gasteiger partial charge in [0.2, 0.25) is 0 Å². The van der Waals surface area contributed by atoms with E-state index in [0.29, 0.717) is 25.1 Å². The topological polar surface area (TPSA) is 91.8 Å². The van der Waals surface area contributed by atoms with Gasteiger partial charge in [0.1, 0.15) is 0 Å². The van der Waals surface area contributed by atoms with E-state index >= 15 is 0 Å². The first kappa shape index (κ1) is 19.9. The quantitative estimate of drug-likeness (QED) is 0.730. The van der Waals surface area contributed by atoms with Crippen LogP contribution < -0.4 is 4.31 Å². The lowest BCUT2D eigenvalue weighted by atomic mass is 10.1. The zero-order valence-electron chi connectivity index (χ0n) is 16.0. The normalized spacial score (nSPS) is 20.4. The fourth-order valence-electron chi connectivity index (χ4n) is 3.92. The number of nitrogens with zero attached hydrogens (tertiary/aromatic N) is 2. The summed E-state index contributed by atoms with van der Waals surface area (Å²) in [6.07, 6.45) is 1.04. The van der Waals surface area contributed by atoms with Crippen molar-refractivity contribution < 1.29 is 21.6 Å². The molecule has 2 aromatic rings. The highest BCUT2D eigenvalue weighted by Crippen LogP contribution is 2.33. The van der Waals surface area contributed by atoms with Crippen LogP contribution in [0.1, 0.15) is 22.3 Å². The summed E-state index contributed by atoms with van der Waals surface area (Å²) in [6.45, 7) is 0.361. The van der Waals surface area contributed by atoms with Gasteiger partial charge in [0.25, 0.3) is 15.9 Å². The number of amides is 1. The van der Waals surface area contributed by atoms with Crippen LogP contribution in [0.15, 0.2) is 53.4 Å². The Hall–Kier alpha value is -2.39. The minimum absolute atomic E-state index is 0.0486. The molecule has 1 saturated heterocycles. The number of rotatable bonds is 4. The molecule has 4 rings (SSSR count). The summed E-state index contributed by atoms with van der Waals surface area (Å²) < 4.78 is 51.2. The predicted molar refractivity (Wildman–Crippen MR) is 110 cm³/mol.